The van der Waals surface area contributed by atoms with Crippen molar-refractivity contribution in [1.82, 2.24) is 8.96 Å². The zero-order valence-electron chi connectivity index (χ0n) is 13.8. The number of para-hydroxylation sites is 2. The van der Waals surface area contributed by atoms with Crippen LogP contribution in [0.3, 0.4) is 0 Å². The fourth-order valence-corrected chi connectivity index (χ4v) is 4.13. The summed E-state index contributed by atoms with van der Waals surface area (Å²) in [5, 5.41) is 5.32. The first-order valence-corrected chi connectivity index (χ1v) is 8.38. The van der Waals surface area contributed by atoms with E-state index in [0.29, 0.717) is 0 Å². The Hall–Kier alpha value is -2.61. The summed E-state index contributed by atoms with van der Waals surface area (Å²) in [6.45, 7) is 4.19. The summed E-state index contributed by atoms with van der Waals surface area (Å²) in [6.07, 6.45) is 0. The molecule has 0 amide bonds. The molecule has 0 N–H and O–H groups in total. The van der Waals surface area contributed by atoms with E-state index in [4.69, 9.17) is 0 Å². The molecule has 0 spiro atoms. The maximum atomic E-state index is 2.30. The molecule has 24 heavy (non-hydrogen) atoms. The van der Waals surface area contributed by atoms with Gasteiger partial charge in [0, 0.05) is 43.6 Å². The predicted octanol–water partition coefficient (Wildman–Crippen LogP) is 4.93. The molecular weight excluding hydrogens is 290 g/mol. The van der Waals surface area contributed by atoms with E-state index >= 15 is 0 Å². The van der Waals surface area contributed by atoms with Crippen LogP contribution in [0.1, 0.15) is 0 Å². The van der Waals surface area contributed by atoms with E-state index in [1.54, 1.807) is 0 Å². The van der Waals surface area contributed by atoms with Gasteiger partial charge in [0.2, 0.25) is 14.8 Å². The Morgan fingerprint density at radius 1 is 0.542 bits per heavy atom. The lowest BCUT2D eigenvalue weighted by atomic mass is 9.98. The third kappa shape index (κ3) is 1.58. The van der Waals surface area contributed by atoms with Gasteiger partial charge in [-0.15, -0.1) is 0 Å². The van der Waals surface area contributed by atoms with Gasteiger partial charge in [0.15, 0.2) is 0 Å². The number of hydrogen-bond donors (Lipinski definition) is 0. The number of fused-ring (bicyclic) bond motifs is 7. The fourth-order valence-electron chi connectivity index (χ4n) is 4.13. The van der Waals surface area contributed by atoms with Gasteiger partial charge in [-0.3, -0.25) is 0 Å². The van der Waals surface area contributed by atoms with Gasteiger partial charge in [0.25, 0.3) is 0 Å². The molecule has 112 valence electrons. The third-order valence-corrected chi connectivity index (χ3v) is 5.06. The summed E-state index contributed by atoms with van der Waals surface area (Å²) in [5.41, 5.74) is 5.06. The molecule has 2 heterocycles. The highest BCUT2D eigenvalue weighted by Gasteiger charge is 2.17. The Morgan fingerprint density at radius 3 is 1.38 bits per heavy atom. The number of rotatable bonds is 2. The fraction of sp³-hybridized carbons (Fsp3) is 0.100. The van der Waals surface area contributed by atoms with Crippen LogP contribution in [0, 0.1) is 0 Å². The minimum absolute atomic E-state index is 1.26. The molecule has 0 aliphatic heterocycles. The SMILES string of the molecule is C[B]n1c2ccccc2c2c3c4ccccc4n([B]C)c3ccc21. The van der Waals surface area contributed by atoms with Crippen molar-refractivity contribution < 1.29 is 0 Å². The molecule has 5 rings (SSSR count). The summed E-state index contributed by atoms with van der Waals surface area (Å²) < 4.78 is 4.60. The highest BCUT2D eigenvalue weighted by Crippen LogP contribution is 2.39. The molecule has 0 saturated heterocycles. The van der Waals surface area contributed by atoms with Crippen molar-refractivity contribution in [3.63, 3.8) is 0 Å². The lowest BCUT2D eigenvalue weighted by Crippen LogP contribution is -2.01. The standard InChI is InChI=1S/C20H16B2N2/c1-21-23-15-9-5-3-7-13(15)19-17(23)11-12-18-20(19)14-8-4-6-10-16(14)24(18)22-2/h3-12H,1-2H3. The molecule has 2 nitrogen and oxygen atoms in total. The van der Waals surface area contributed by atoms with E-state index in [9.17, 15) is 0 Å². The molecule has 4 heteroatoms. The van der Waals surface area contributed by atoms with Crippen molar-refractivity contribution in [2.45, 2.75) is 13.6 Å². The Kier molecular flexibility index (Phi) is 2.84. The molecule has 0 aliphatic carbocycles. The largest absolute Gasteiger partial charge is 0.390 e. The van der Waals surface area contributed by atoms with Crippen LogP contribution in [0.15, 0.2) is 60.7 Å². The molecule has 2 aromatic heterocycles. The predicted molar refractivity (Wildman–Crippen MR) is 106 cm³/mol. The highest BCUT2D eigenvalue weighted by atomic mass is 14.9. The Bertz CT molecular complexity index is 1130. The molecule has 3 aromatic carbocycles. The van der Waals surface area contributed by atoms with Crippen LogP contribution in [-0.2, 0) is 0 Å². The lowest BCUT2D eigenvalue weighted by molar-refractivity contribution is 1.35. The minimum atomic E-state index is 1.26. The number of hydrogen-bond acceptors (Lipinski definition) is 0. The maximum absolute atomic E-state index is 2.30. The average molecular weight is 306 g/mol. The van der Waals surface area contributed by atoms with Crippen LogP contribution in [0.4, 0.5) is 0 Å². The average Bonchev–Trinajstić information content (AvgIpc) is 3.13. The Balaban J connectivity index is 2.16. The van der Waals surface area contributed by atoms with Crippen molar-refractivity contribution in [2.24, 2.45) is 0 Å². The van der Waals surface area contributed by atoms with Crippen LogP contribution in [0.2, 0.25) is 13.6 Å². The molecule has 0 saturated carbocycles. The lowest BCUT2D eigenvalue weighted by Gasteiger charge is -2.04. The minimum Gasteiger partial charge on any atom is -0.390 e. The van der Waals surface area contributed by atoms with E-state index in [1.807, 2.05) is 0 Å². The number of nitrogens with zero attached hydrogens (tertiary/aromatic N) is 2. The van der Waals surface area contributed by atoms with Crippen molar-refractivity contribution in [1.29, 1.82) is 0 Å². The van der Waals surface area contributed by atoms with Gasteiger partial charge in [0.05, 0.1) is 0 Å². The van der Waals surface area contributed by atoms with Gasteiger partial charge in [0.1, 0.15) is 0 Å². The maximum Gasteiger partial charge on any atom is 0.249 e. The third-order valence-electron chi connectivity index (χ3n) is 5.06. The first-order valence-electron chi connectivity index (χ1n) is 8.38. The van der Waals surface area contributed by atoms with Gasteiger partial charge >= 0.3 is 0 Å². The second-order valence-corrected chi connectivity index (χ2v) is 6.14. The van der Waals surface area contributed by atoms with Crippen LogP contribution in [0.5, 0.6) is 0 Å². The van der Waals surface area contributed by atoms with Crippen LogP contribution in [-0.4, -0.2) is 23.8 Å². The first kappa shape index (κ1) is 13.8. The smallest absolute Gasteiger partial charge is 0.249 e. The second-order valence-electron chi connectivity index (χ2n) is 6.14. The molecule has 0 unspecified atom stereocenters. The van der Waals surface area contributed by atoms with Gasteiger partial charge < -0.3 is 8.96 Å². The van der Waals surface area contributed by atoms with Gasteiger partial charge in [-0.05, 0) is 24.3 Å². The number of benzene rings is 3. The normalized spacial score (nSPS) is 11.8. The van der Waals surface area contributed by atoms with E-state index in [2.05, 4.69) is 98.1 Å². The van der Waals surface area contributed by atoms with Crippen LogP contribution in [0.25, 0.3) is 43.6 Å². The van der Waals surface area contributed by atoms with Gasteiger partial charge in [-0.25, -0.2) is 0 Å². The number of aromatic nitrogens is 2. The zero-order valence-corrected chi connectivity index (χ0v) is 13.8. The molecule has 0 aliphatic rings. The summed E-state index contributed by atoms with van der Waals surface area (Å²) in [4.78, 5) is 0. The zero-order chi connectivity index (χ0) is 16.3. The van der Waals surface area contributed by atoms with E-state index in [1.165, 1.54) is 43.6 Å². The topological polar surface area (TPSA) is 9.86 Å². The van der Waals surface area contributed by atoms with Crippen molar-refractivity contribution in [2.75, 3.05) is 0 Å². The summed E-state index contributed by atoms with van der Waals surface area (Å²) in [6, 6.07) is 21.9. The van der Waals surface area contributed by atoms with E-state index in [0.717, 1.165) is 0 Å². The second kappa shape index (κ2) is 4.94. The van der Waals surface area contributed by atoms with Crippen molar-refractivity contribution in [3.8, 4) is 0 Å². The molecule has 0 atom stereocenters. The van der Waals surface area contributed by atoms with Gasteiger partial charge in [-0.2, -0.15) is 0 Å². The Labute approximate surface area is 142 Å². The molecule has 2 radical (unpaired) electrons. The highest BCUT2D eigenvalue weighted by molar-refractivity contribution is 6.42. The molecular formula is C20H16B2N2. The quantitative estimate of drug-likeness (QED) is 0.409. The molecule has 0 bridgehead atoms. The van der Waals surface area contributed by atoms with E-state index < -0.39 is 0 Å². The van der Waals surface area contributed by atoms with E-state index in [-0.39, 0.29) is 0 Å². The van der Waals surface area contributed by atoms with Gasteiger partial charge in [-0.1, -0.05) is 50.0 Å². The van der Waals surface area contributed by atoms with Crippen molar-refractivity contribution in [3.05, 3.63) is 60.7 Å². The van der Waals surface area contributed by atoms with Crippen LogP contribution < -0.4 is 0 Å². The van der Waals surface area contributed by atoms with Crippen LogP contribution >= 0.6 is 0 Å². The Morgan fingerprint density at radius 2 is 0.958 bits per heavy atom. The summed E-state index contributed by atoms with van der Waals surface area (Å²) >= 11 is 0. The first-order chi connectivity index (χ1) is 11.8. The summed E-state index contributed by atoms with van der Waals surface area (Å²) in [7, 11) is 4.31. The van der Waals surface area contributed by atoms with Crippen molar-refractivity contribution >= 4 is 58.4 Å². The molecule has 0 fully saturated rings. The monoisotopic (exact) mass is 306 g/mol. The molecule has 5 aromatic rings. The summed E-state index contributed by atoms with van der Waals surface area (Å²) in [5.74, 6) is 0.